The summed E-state index contributed by atoms with van der Waals surface area (Å²) in [7, 11) is 0. The highest BCUT2D eigenvalue weighted by atomic mass is 32.1. The minimum absolute atomic E-state index is 0.0170. The van der Waals surface area contributed by atoms with E-state index >= 15 is 0 Å². The van der Waals surface area contributed by atoms with Gasteiger partial charge in [0.05, 0.1) is 17.8 Å². The zero-order valence-corrected chi connectivity index (χ0v) is 17.3. The molecule has 0 aromatic carbocycles. The fourth-order valence-electron chi connectivity index (χ4n) is 4.70. The molecule has 3 aromatic heterocycles. The van der Waals surface area contributed by atoms with Gasteiger partial charge in [0.25, 0.3) is 0 Å². The van der Waals surface area contributed by atoms with E-state index in [1.807, 2.05) is 24.5 Å². The van der Waals surface area contributed by atoms with Gasteiger partial charge in [0.2, 0.25) is 0 Å². The first-order valence-corrected chi connectivity index (χ1v) is 10.7. The van der Waals surface area contributed by atoms with Gasteiger partial charge in [0.1, 0.15) is 5.82 Å². The number of hydrogen-bond donors (Lipinski definition) is 1. The van der Waals surface area contributed by atoms with Crippen LogP contribution in [-0.2, 0) is 0 Å². The van der Waals surface area contributed by atoms with Gasteiger partial charge in [0.15, 0.2) is 5.11 Å². The molecule has 148 valence electrons. The number of aromatic nitrogens is 3. The highest BCUT2D eigenvalue weighted by Gasteiger charge is 2.44. The minimum Gasteiger partial charge on any atom is -0.352 e. The number of nitrogens with one attached hydrogen (secondary N) is 1. The van der Waals surface area contributed by atoms with E-state index in [1.165, 1.54) is 31.4 Å². The summed E-state index contributed by atoms with van der Waals surface area (Å²) < 4.78 is 2.19. The monoisotopic (exact) mass is 403 g/mol. The highest BCUT2D eigenvalue weighted by molar-refractivity contribution is 7.80. The smallest absolute Gasteiger partial charge is 0.170 e. The lowest BCUT2D eigenvalue weighted by Crippen LogP contribution is -2.38. The Labute approximate surface area is 176 Å². The Balaban J connectivity index is 1.61. The lowest BCUT2D eigenvalue weighted by atomic mass is 9.99. The molecule has 3 aromatic rings. The first-order valence-electron chi connectivity index (χ1n) is 10.3. The number of thiocarbonyl (C=S) groups is 1. The van der Waals surface area contributed by atoms with Gasteiger partial charge in [-0.3, -0.25) is 4.98 Å². The summed E-state index contributed by atoms with van der Waals surface area (Å²) in [6.45, 7) is 2.06. The molecular weight excluding hydrogens is 378 g/mol. The van der Waals surface area contributed by atoms with E-state index in [-0.39, 0.29) is 12.1 Å². The van der Waals surface area contributed by atoms with Gasteiger partial charge >= 0.3 is 0 Å². The van der Waals surface area contributed by atoms with Gasteiger partial charge < -0.3 is 14.8 Å². The Morgan fingerprint density at radius 2 is 1.90 bits per heavy atom. The third-order valence-corrected chi connectivity index (χ3v) is 6.41. The first kappa shape index (κ1) is 18.3. The Bertz CT molecular complexity index is 992. The van der Waals surface area contributed by atoms with Gasteiger partial charge in [0, 0.05) is 30.3 Å². The van der Waals surface area contributed by atoms with Crippen LogP contribution < -0.4 is 5.32 Å². The molecule has 1 saturated carbocycles. The van der Waals surface area contributed by atoms with E-state index in [0.29, 0.717) is 6.04 Å². The van der Waals surface area contributed by atoms with Crippen molar-refractivity contribution in [3.05, 3.63) is 78.0 Å². The summed E-state index contributed by atoms with van der Waals surface area (Å²) in [6, 6.07) is 15.1. The predicted molar refractivity (Wildman–Crippen MR) is 118 cm³/mol. The van der Waals surface area contributed by atoms with Gasteiger partial charge in [-0.1, -0.05) is 25.0 Å². The molecule has 2 atom stereocenters. The first-order chi connectivity index (χ1) is 14.2. The van der Waals surface area contributed by atoms with Crippen molar-refractivity contribution in [2.75, 3.05) is 0 Å². The normalized spacial score (nSPS) is 22.2. The van der Waals surface area contributed by atoms with E-state index in [4.69, 9.17) is 12.2 Å². The van der Waals surface area contributed by atoms with Crippen LogP contribution >= 0.6 is 12.2 Å². The van der Waals surface area contributed by atoms with E-state index in [1.54, 1.807) is 0 Å². The van der Waals surface area contributed by atoms with Crippen molar-refractivity contribution >= 4 is 17.3 Å². The number of aryl methyl sites for hydroxylation is 1. The van der Waals surface area contributed by atoms with Gasteiger partial charge in [-0.25, -0.2) is 4.98 Å². The van der Waals surface area contributed by atoms with Crippen molar-refractivity contribution in [1.82, 2.24) is 24.8 Å². The standard InChI is InChI=1S/C23H25N5S/c1-16-11-12-20(25-15-16)27-14-6-10-19(27)22-21(18-9-4-5-13-24-18)26-23(29)28(22)17-7-2-3-8-17/h4-6,9-15,17,21-22H,2-3,7-8H2,1H3,(H,26,29)/t21-,22+/m1/s1. The molecule has 1 saturated heterocycles. The third kappa shape index (κ3) is 3.31. The third-order valence-electron chi connectivity index (χ3n) is 6.08. The summed E-state index contributed by atoms with van der Waals surface area (Å²) in [4.78, 5) is 11.8. The molecule has 0 bridgehead atoms. The number of rotatable bonds is 4. The average molecular weight is 404 g/mol. The van der Waals surface area contributed by atoms with Crippen LogP contribution in [0.5, 0.6) is 0 Å². The zero-order valence-electron chi connectivity index (χ0n) is 16.5. The van der Waals surface area contributed by atoms with Crippen LogP contribution in [0.2, 0.25) is 0 Å². The minimum atomic E-state index is 0.0170. The molecule has 29 heavy (non-hydrogen) atoms. The Hall–Kier alpha value is -2.73. The van der Waals surface area contributed by atoms with Crippen molar-refractivity contribution in [3.63, 3.8) is 0 Å². The van der Waals surface area contributed by atoms with E-state index in [0.717, 1.165) is 22.2 Å². The maximum Gasteiger partial charge on any atom is 0.170 e. The molecule has 2 aliphatic rings. The lowest BCUT2D eigenvalue weighted by Gasteiger charge is -2.33. The Morgan fingerprint density at radius 3 is 2.62 bits per heavy atom. The molecule has 1 N–H and O–H groups in total. The predicted octanol–water partition coefficient (Wildman–Crippen LogP) is 4.49. The molecule has 0 amide bonds. The fourth-order valence-corrected chi connectivity index (χ4v) is 5.09. The molecular formula is C23H25N5S. The van der Waals surface area contributed by atoms with Gasteiger partial charge in [-0.05, 0) is 67.9 Å². The van der Waals surface area contributed by atoms with Crippen molar-refractivity contribution in [2.45, 2.75) is 50.7 Å². The van der Waals surface area contributed by atoms with E-state index in [9.17, 15) is 0 Å². The van der Waals surface area contributed by atoms with Crippen LogP contribution in [0.4, 0.5) is 0 Å². The summed E-state index contributed by atoms with van der Waals surface area (Å²) in [5, 5.41) is 4.42. The molecule has 0 unspecified atom stereocenters. The molecule has 0 radical (unpaired) electrons. The molecule has 0 spiro atoms. The van der Waals surface area contributed by atoms with Crippen molar-refractivity contribution in [2.24, 2.45) is 0 Å². The summed E-state index contributed by atoms with van der Waals surface area (Å²) in [5.74, 6) is 0.930. The molecule has 2 fully saturated rings. The fraction of sp³-hybridized carbons (Fsp3) is 0.348. The van der Waals surface area contributed by atoms with Crippen LogP contribution in [0.25, 0.3) is 5.82 Å². The SMILES string of the molecule is Cc1ccc(-n2cccc2[C@H]2[C@@H](c3ccccn3)NC(=S)N2C2CCCC2)nc1. The van der Waals surface area contributed by atoms with Gasteiger partial charge in [-0.15, -0.1) is 0 Å². The quantitative estimate of drug-likeness (QED) is 0.650. The Morgan fingerprint density at radius 1 is 1.03 bits per heavy atom. The van der Waals surface area contributed by atoms with E-state index < -0.39 is 0 Å². The summed E-state index contributed by atoms with van der Waals surface area (Å²) >= 11 is 5.84. The van der Waals surface area contributed by atoms with Crippen LogP contribution in [-0.4, -0.2) is 30.6 Å². The largest absolute Gasteiger partial charge is 0.352 e. The van der Waals surface area contributed by atoms with Gasteiger partial charge in [-0.2, -0.15) is 0 Å². The second-order valence-corrected chi connectivity index (χ2v) is 8.36. The lowest BCUT2D eigenvalue weighted by molar-refractivity contribution is 0.239. The molecule has 1 aliphatic heterocycles. The maximum absolute atomic E-state index is 5.84. The van der Waals surface area contributed by atoms with Crippen LogP contribution in [0.1, 0.15) is 54.7 Å². The molecule has 1 aliphatic carbocycles. The van der Waals surface area contributed by atoms with Crippen LogP contribution in [0.15, 0.2) is 61.1 Å². The molecule has 5 nitrogen and oxygen atoms in total. The summed E-state index contributed by atoms with van der Waals surface area (Å²) in [6.07, 6.45) is 10.8. The van der Waals surface area contributed by atoms with Crippen LogP contribution in [0.3, 0.4) is 0 Å². The second-order valence-electron chi connectivity index (χ2n) is 7.97. The average Bonchev–Trinajstić information content (AvgIpc) is 3.48. The molecule has 4 heterocycles. The maximum atomic E-state index is 5.84. The highest BCUT2D eigenvalue weighted by Crippen LogP contribution is 2.43. The van der Waals surface area contributed by atoms with Crippen molar-refractivity contribution < 1.29 is 0 Å². The Kier molecular flexibility index (Phi) is 4.79. The van der Waals surface area contributed by atoms with Crippen molar-refractivity contribution in [3.8, 4) is 5.82 Å². The molecule has 6 heteroatoms. The number of pyridine rings is 2. The summed E-state index contributed by atoms with van der Waals surface area (Å²) in [5.41, 5.74) is 3.37. The number of hydrogen-bond acceptors (Lipinski definition) is 3. The zero-order chi connectivity index (χ0) is 19.8. The topological polar surface area (TPSA) is 46.0 Å². The molecule has 5 rings (SSSR count). The van der Waals surface area contributed by atoms with E-state index in [2.05, 4.69) is 68.2 Å². The van der Waals surface area contributed by atoms with Crippen LogP contribution in [0, 0.1) is 6.92 Å². The number of nitrogens with zero attached hydrogens (tertiary/aromatic N) is 4. The van der Waals surface area contributed by atoms with Crippen molar-refractivity contribution in [1.29, 1.82) is 0 Å². The second kappa shape index (κ2) is 7.59.